The maximum absolute atomic E-state index is 10.1. The summed E-state index contributed by atoms with van der Waals surface area (Å²) in [5.41, 5.74) is 0. The predicted molar refractivity (Wildman–Crippen MR) is 27.6 cm³/mol. The number of carboxylic acids is 1. The third kappa shape index (κ3) is 1.14. The average Bonchev–Trinajstić information content (AvgIpc) is 2.14. The van der Waals surface area contributed by atoms with Crippen molar-refractivity contribution in [3.8, 4) is 0 Å². The predicted octanol–water partition coefficient (Wildman–Crippen LogP) is -0.205. The monoisotopic (exact) mass is 147 g/mol. The molecule has 0 saturated carbocycles. The van der Waals surface area contributed by atoms with Crippen LogP contribution in [0.4, 0.5) is 0 Å². The Morgan fingerprint density at radius 2 is 2.44 bits per heavy atom. The number of carboxylic acid groups (broad SMARTS) is 1. The summed E-state index contributed by atoms with van der Waals surface area (Å²) < 4.78 is 3.96. The molecule has 0 radical (unpaired) electrons. The first-order valence-electron chi connectivity index (χ1n) is 1.90. The Kier molecular flexibility index (Phi) is 1.31. The quantitative estimate of drug-likeness (QED) is 0.594. The van der Waals surface area contributed by atoms with Gasteiger partial charge < -0.3 is 9.63 Å². The van der Waals surface area contributed by atoms with E-state index in [0.29, 0.717) is 11.3 Å². The third-order valence-electron chi connectivity index (χ3n) is 0.566. The molecule has 1 aromatic heterocycles. The maximum Gasteiger partial charge on any atom is 0.418 e. The number of hydrogen-bond acceptors (Lipinski definition) is 5. The molecule has 0 atom stereocenters. The van der Waals surface area contributed by atoms with E-state index in [4.69, 9.17) is 5.11 Å². The van der Waals surface area contributed by atoms with Crippen LogP contribution >= 0.6 is 11.3 Å². The lowest BCUT2D eigenvalue weighted by Gasteiger charge is -1.73. The molecule has 0 aliphatic rings. The van der Waals surface area contributed by atoms with E-state index in [1.807, 2.05) is 0 Å². The number of rotatable bonds is 1. The molecule has 6 heteroatoms. The van der Waals surface area contributed by atoms with Gasteiger partial charge in [0.05, 0.1) is 0 Å². The van der Waals surface area contributed by atoms with E-state index in [1.165, 1.54) is 0 Å². The molecule has 1 aromatic rings. The van der Waals surface area contributed by atoms with Crippen LogP contribution in [0.1, 0.15) is 9.80 Å². The number of hydrogen-bond donors (Lipinski definition) is 1. The molecule has 0 aliphatic heterocycles. The second-order valence-electron chi connectivity index (χ2n) is 1.14. The highest BCUT2D eigenvalue weighted by atomic mass is 32.1. The first-order valence-corrected chi connectivity index (χ1v) is 2.72. The molecule has 0 spiro atoms. The Hall–Kier alpha value is -1.17. The van der Waals surface area contributed by atoms with Crippen LogP contribution in [0.15, 0.2) is 9.32 Å². The molecule has 1 rings (SSSR count). The van der Waals surface area contributed by atoms with Gasteiger partial charge in [-0.3, -0.25) is 0 Å². The molecule has 0 aromatic carbocycles. The van der Waals surface area contributed by atoms with Crippen molar-refractivity contribution >= 4 is 17.3 Å². The van der Waals surface area contributed by atoms with Crippen molar-refractivity contribution in [1.82, 2.24) is 5.16 Å². The third-order valence-corrected chi connectivity index (χ3v) is 1.25. The van der Waals surface area contributed by atoms with Crippen LogP contribution < -0.4 is 4.94 Å². The second-order valence-corrected chi connectivity index (χ2v) is 2.07. The molecule has 0 bridgehead atoms. The summed E-state index contributed by atoms with van der Waals surface area (Å²) in [4.78, 5) is 19.4. The van der Waals surface area contributed by atoms with E-state index in [9.17, 15) is 9.59 Å². The molecule has 1 heterocycles. The first-order chi connectivity index (χ1) is 4.20. The molecular weight excluding hydrogens is 146 g/mol. The summed E-state index contributed by atoms with van der Waals surface area (Å²) in [5, 5.41) is 10.8. The number of aromatic nitrogens is 1. The van der Waals surface area contributed by atoms with E-state index in [0.717, 1.165) is 0 Å². The van der Waals surface area contributed by atoms with Crippen LogP contribution in [-0.2, 0) is 0 Å². The van der Waals surface area contributed by atoms with Crippen LogP contribution in [0.2, 0.25) is 0 Å². The molecular formula is C3HNO4S. The number of nitrogens with zero attached hydrogens (tertiary/aromatic N) is 1. The van der Waals surface area contributed by atoms with Gasteiger partial charge in [-0.2, -0.15) is 0 Å². The Balaban J connectivity index is 3.12. The summed E-state index contributed by atoms with van der Waals surface area (Å²) >= 11 is 0.463. The fourth-order valence-corrected chi connectivity index (χ4v) is 0.672. The van der Waals surface area contributed by atoms with Crippen molar-refractivity contribution in [3.63, 3.8) is 0 Å². The van der Waals surface area contributed by atoms with Gasteiger partial charge in [-0.15, -0.1) is 0 Å². The Labute approximate surface area is 52.5 Å². The first kappa shape index (κ1) is 5.96. The van der Waals surface area contributed by atoms with Crippen LogP contribution in [0, 0.1) is 0 Å². The van der Waals surface area contributed by atoms with E-state index in [-0.39, 0.29) is 5.01 Å². The standard InChI is InChI=1S/C3HNO4S/c5-2(6)1-4-8-3(7)9-1/h(H,5,6). The molecule has 0 amide bonds. The lowest BCUT2D eigenvalue weighted by atomic mass is 10.7. The van der Waals surface area contributed by atoms with Gasteiger partial charge in [-0.1, -0.05) is 5.16 Å². The van der Waals surface area contributed by atoms with Gasteiger partial charge in [0.15, 0.2) is 0 Å². The molecule has 0 saturated heterocycles. The van der Waals surface area contributed by atoms with Crippen molar-refractivity contribution in [2.75, 3.05) is 0 Å². The molecule has 1 N–H and O–H groups in total. The summed E-state index contributed by atoms with van der Waals surface area (Å²) in [7, 11) is 0. The normalized spacial score (nSPS) is 9.33. The minimum atomic E-state index is -1.24. The van der Waals surface area contributed by atoms with Crippen molar-refractivity contribution in [3.05, 3.63) is 14.7 Å². The Morgan fingerprint density at radius 3 is 2.67 bits per heavy atom. The zero-order chi connectivity index (χ0) is 6.85. The van der Waals surface area contributed by atoms with Gasteiger partial charge in [-0.05, 0) is 11.3 Å². The van der Waals surface area contributed by atoms with Crippen molar-refractivity contribution in [1.29, 1.82) is 0 Å². The fourth-order valence-electron chi connectivity index (χ4n) is 0.278. The lowest BCUT2D eigenvalue weighted by Crippen LogP contribution is -1.92. The smallest absolute Gasteiger partial charge is 0.418 e. The van der Waals surface area contributed by atoms with Gasteiger partial charge in [0.25, 0.3) is 0 Å². The van der Waals surface area contributed by atoms with Gasteiger partial charge in [0.2, 0.25) is 5.01 Å². The van der Waals surface area contributed by atoms with Crippen LogP contribution in [0.5, 0.6) is 0 Å². The molecule has 48 valence electrons. The second kappa shape index (κ2) is 1.98. The van der Waals surface area contributed by atoms with E-state index < -0.39 is 10.9 Å². The molecule has 0 aliphatic carbocycles. The van der Waals surface area contributed by atoms with Crippen molar-refractivity contribution in [2.24, 2.45) is 0 Å². The highest BCUT2D eigenvalue weighted by Crippen LogP contribution is 1.95. The molecule has 0 fully saturated rings. The summed E-state index contributed by atoms with van der Waals surface area (Å²) in [6.45, 7) is 0. The van der Waals surface area contributed by atoms with Crippen molar-refractivity contribution in [2.45, 2.75) is 0 Å². The summed E-state index contributed by atoms with van der Waals surface area (Å²) in [6, 6.07) is 0. The zero-order valence-electron chi connectivity index (χ0n) is 4.03. The number of aromatic carboxylic acids is 1. The van der Waals surface area contributed by atoms with Gasteiger partial charge in [-0.25, -0.2) is 9.59 Å². The van der Waals surface area contributed by atoms with Gasteiger partial charge >= 0.3 is 10.9 Å². The highest BCUT2D eigenvalue weighted by Gasteiger charge is 2.08. The van der Waals surface area contributed by atoms with Gasteiger partial charge in [0.1, 0.15) is 0 Å². The van der Waals surface area contributed by atoms with E-state index in [2.05, 4.69) is 9.68 Å². The van der Waals surface area contributed by atoms with Crippen molar-refractivity contribution < 1.29 is 14.4 Å². The summed E-state index contributed by atoms with van der Waals surface area (Å²) in [5.74, 6) is -1.24. The van der Waals surface area contributed by atoms with E-state index >= 15 is 0 Å². The van der Waals surface area contributed by atoms with E-state index in [1.54, 1.807) is 0 Å². The lowest BCUT2D eigenvalue weighted by molar-refractivity contribution is 0.0690. The summed E-state index contributed by atoms with van der Waals surface area (Å²) in [6.07, 6.45) is 0. The van der Waals surface area contributed by atoms with Crippen LogP contribution in [-0.4, -0.2) is 16.2 Å². The molecule has 9 heavy (non-hydrogen) atoms. The topological polar surface area (TPSA) is 80.4 Å². The molecule has 0 unspecified atom stereocenters. The molecule has 5 nitrogen and oxygen atoms in total. The number of carbonyl (C=O) groups is 1. The largest absolute Gasteiger partial charge is 0.476 e. The zero-order valence-corrected chi connectivity index (χ0v) is 4.84. The average molecular weight is 147 g/mol. The van der Waals surface area contributed by atoms with Crippen LogP contribution in [0.25, 0.3) is 0 Å². The maximum atomic E-state index is 10.1. The Bertz CT molecular complexity index is 273. The fraction of sp³-hybridized carbons (Fsp3) is 0. The highest BCUT2D eigenvalue weighted by molar-refractivity contribution is 7.10. The minimum absolute atomic E-state index is 0.319. The SMILES string of the molecule is O=C(O)c1noc(=O)s1. The minimum Gasteiger partial charge on any atom is -0.476 e. The Morgan fingerprint density at radius 1 is 1.78 bits per heavy atom. The van der Waals surface area contributed by atoms with Crippen LogP contribution in [0.3, 0.4) is 0 Å². The van der Waals surface area contributed by atoms with Gasteiger partial charge in [0, 0.05) is 0 Å².